The zero-order valence-electron chi connectivity index (χ0n) is 21.0. The van der Waals surface area contributed by atoms with E-state index in [9.17, 15) is 14.7 Å². The first-order valence-corrected chi connectivity index (χ1v) is 13.4. The molecule has 6 heteroatoms. The van der Waals surface area contributed by atoms with Crippen LogP contribution >= 0.6 is 15.9 Å². The third-order valence-electron chi connectivity index (χ3n) is 5.76. The minimum absolute atomic E-state index is 0.202. The van der Waals surface area contributed by atoms with Gasteiger partial charge in [0.25, 0.3) is 0 Å². The molecule has 0 saturated carbocycles. The van der Waals surface area contributed by atoms with Crippen LogP contribution in [-0.2, 0) is 32.3 Å². The first-order valence-electron chi connectivity index (χ1n) is 12.3. The smallest absolute Gasteiger partial charge is 0.316 e. The lowest BCUT2D eigenvalue weighted by Gasteiger charge is -2.13. The van der Waals surface area contributed by atoms with Gasteiger partial charge in [-0.15, -0.1) is 0 Å². The average Bonchev–Trinajstić information content (AvgIpc) is 2.98. The van der Waals surface area contributed by atoms with Crippen molar-refractivity contribution in [3.8, 4) is 0 Å². The SMILES string of the molecule is O=C(OCc1ccccc1)C(CBr)c1ccccc1.O=C(OCc1ccccc1)C(CO)c1ccccc1. The molecule has 4 aromatic rings. The van der Waals surface area contributed by atoms with E-state index in [1.165, 1.54) is 0 Å². The van der Waals surface area contributed by atoms with Gasteiger partial charge in [0.15, 0.2) is 0 Å². The second-order valence-corrected chi connectivity index (χ2v) is 9.10. The van der Waals surface area contributed by atoms with Gasteiger partial charge in [0.1, 0.15) is 19.1 Å². The van der Waals surface area contributed by atoms with Gasteiger partial charge < -0.3 is 14.6 Å². The molecule has 2 unspecified atom stereocenters. The van der Waals surface area contributed by atoms with Crippen molar-refractivity contribution >= 4 is 27.9 Å². The molecule has 0 bridgehead atoms. The third kappa shape index (κ3) is 9.29. The molecule has 0 spiro atoms. The van der Waals surface area contributed by atoms with Crippen LogP contribution in [0.3, 0.4) is 0 Å². The average molecular weight is 575 g/mol. The van der Waals surface area contributed by atoms with Gasteiger partial charge >= 0.3 is 11.9 Å². The molecule has 0 amide bonds. The number of alkyl halides is 1. The van der Waals surface area contributed by atoms with Crippen molar-refractivity contribution in [1.29, 1.82) is 0 Å². The lowest BCUT2D eigenvalue weighted by molar-refractivity contribution is -0.148. The van der Waals surface area contributed by atoms with Gasteiger partial charge in [-0.05, 0) is 22.3 Å². The predicted octanol–water partition coefficient (Wildman–Crippen LogP) is 6.41. The van der Waals surface area contributed by atoms with Crippen LogP contribution in [-0.4, -0.2) is 29.0 Å². The molecule has 0 saturated heterocycles. The summed E-state index contributed by atoms with van der Waals surface area (Å²) < 4.78 is 10.6. The maximum atomic E-state index is 12.1. The first-order chi connectivity index (χ1) is 18.6. The monoisotopic (exact) mass is 574 g/mol. The molecule has 1 N–H and O–H groups in total. The van der Waals surface area contributed by atoms with E-state index < -0.39 is 11.9 Å². The molecule has 38 heavy (non-hydrogen) atoms. The Labute approximate surface area is 232 Å². The minimum atomic E-state index is -0.620. The Morgan fingerprint density at radius 3 is 1.29 bits per heavy atom. The van der Waals surface area contributed by atoms with E-state index in [1.807, 2.05) is 121 Å². The van der Waals surface area contributed by atoms with Crippen molar-refractivity contribution in [1.82, 2.24) is 0 Å². The Hall–Kier alpha value is -3.74. The number of hydrogen-bond donors (Lipinski definition) is 1. The van der Waals surface area contributed by atoms with Crippen LogP contribution in [0, 0.1) is 0 Å². The number of carbonyl (C=O) groups excluding carboxylic acids is 2. The zero-order valence-corrected chi connectivity index (χ0v) is 22.6. The van der Waals surface area contributed by atoms with Crippen molar-refractivity contribution < 1.29 is 24.2 Å². The van der Waals surface area contributed by atoms with Gasteiger partial charge in [-0.2, -0.15) is 0 Å². The fourth-order valence-electron chi connectivity index (χ4n) is 3.63. The molecule has 5 nitrogen and oxygen atoms in total. The highest BCUT2D eigenvalue weighted by atomic mass is 79.9. The minimum Gasteiger partial charge on any atom is -0.460 e. The third-order valence-corrected chi connectivity index (χ3v) is 6.41. The number of benzene rings is 4. The molecular formula is C32H31BrO5. The lowest BCUT2D eigenvalue weighted by atomic mass is 10.0. The molecular weight excluding hydrogens is 544 g/mol. The van der Waals surface area contributed by atoms with E-state index in [2.05, 4.69) is 15.9 Å². The summed E-state index contributed by atoms with van der Waals surface area (Å²) in [6.07, 6.45) is 0. The van der Waals surface area contributed by atoms with Crippen LogP contribution in [0.25, 0.3) is 0 Å². The number of hydrogen-bond acceptors (Lipinski definition) is 5. The summed E-state index contributed by atoms with van der Waals surface area (Å²) in [7, 11) is 0. The van der Waals surface area contributed by atoms with E-state index in [0.29, 0.717) is 11.9 Å². The van der Waals surface area contributed by atoms with E-state index in [-0.39, 0.29) is 25.1 Å². The highest BCUT2D eigenvalue weighted by Gasteiger charge is 2.21. The molecule has 2 atom stereocenters. The van der Waals surface area contributed by atoms with Gasteiger partial charge in [-0.1, -0.05) is 137 Å². The Morgan fingerprint density at radius 2 is 0.921 bits per heavy atom. The van der Waals surface area contributed by atoms with Crippen LogP contribution < -0.4 is 0 Å². The van der Waals surface area contributed by atoms with Crippen LogP contribution in [0.2, 0.25) is 0 Å². The van der Waals surface area contributed by atoms with Gasteiger partial charge in [0, 0.05) is 5.33 Å². The molecule has 0 aliphatic rings. The van der Waals surface area contributed by atoms with Crippen LogP contribution in [0.4, 0.5) is 0 Å². The number of aliphatic hydroxyl groups excluding tert-OH is 1. The molecule has 0 radical (unpaired) electrons. The van der Waals surface area contributed by atoms with Crippen LogP contribution in [0.15, 0.2) is 121 Å². The summed E-state index contributed by atoms with van der Waals surface area (Å²) in [5.74, 6) is -1.49. The summed E-state index contributed by atoms with van der Waals surface area (Å²) in [5.41, 5.74) is 3.67. The summed E-state index contributed by atoms with van der Waals surface area (Å²) in [4.78, 5) is 24.1. The lowest BCUT2D eigenvalue weighted by Crippen LogP contribution is -2.19. The van der Waals surface area contributed by atoms with Crippen molar-refractivity contribution in [3.63, 3.8) is 0 Å². The van der Waals surface area contributed by atoms with E-state index in [0.717, 1.165) is 22.3 Å². The van der Waals surface area contributed by atoms with Crippen molar-refractivity contribution in [3.05, 3.63) is 144 Å². The number of esters is 2. The standard InChI is InChI=1S/C16H15BrO2.C16H16O3/c2*17-11-15(14-9-5-2-6-10-14)16(18)19-12-13-7-3-1-4-8-13/h1-10,15H,11-12H2;1-10,15,17H,11-12H2. The number of ether oxygens (including phenoxy) is 2. The predicted molar refractivity (Wildman–Crippen MR) is 152 cm³/mol. The van der Waals surface area contributed by atoms with Crippen molar-refractivity contribution in [2.45, 2.75) is 25.0 Å². The molecule has 0 aliphatic carbocycles. The van der Waals surface area contributed by atoms with Gasteiger partial charge in [-0.3, -0.25) is 9.59 Å². The first kappa shape index (κ1) is 28.8. The Kier molecular flexibility index (Phi) is 12.3. The summed E-state index contributed by atoms with van der Waals surface area (Å²) in [6.45, 7) is 0.288. The highest BCUT2D eigenvalue weighted by Crippen LogP contribution is 2.20. The molecule has 0 heterocycles. The maximum absolute atomic E-state index is 12.1. The normalized spacial score (nSPS) is 11.8. The number of aliphatic hydroxyl groups is 1. The highest BCUT2D eigenvalue weighted by molar-refractivity contribution is 9.09. The zero-order chi connectivity index (χ0) is 27.0. The van der Waals surface area contributed by atoms with Crippen molar-refractivity contribution in [2.75, 3.05) is 11.9 Å². The van der Waals surface area contributed by atoms with Gasteiger partial charge in [0.05, 0.1) is 12.5 Å². The topological polar surface area (TPSA) is 72.8 Å². The molecule has 4 rings (SSSR count). The molecule has 0 aliphatic heterocycles. The van der Waals surface area contributed by atoms with E-state index in [4.69, 9.17) is 9.47 Å². The second-order valence-electron chi connectivity index (χ2n) is 8.45. The number of carbonyl (C=O) groups is 2. The number of halogens is 1. The molecule has 0 fully saturated rings. The maximum Gasteiger partial charge on any atom is 0.316 e. The Bertz CT molecular complexity index is 1120. The molecule has 196 valence electrons. The van der Waals surface area contributed by atoms with Crippen molar-refractivity contribution in [2.24, 2.45) is 0 Å². The van der Waals surface area contributed by atoms with E-state index >= 15 is 0 Å². The summed E-state index contributed by atoms with van der Waals surface area (Å²) in [5, 5.41) is 9.91. The number of rotatable bonds is 10. The largest absolute Gasteiger partial charge is 0.460 e. The Balaban J connectivity index is 0.000000211. The fraction of sp³-hybridized carbons (Fsp3) is 0.188. The quantitative estimate of drug-likeness (QED) is 0.175. The Morgan fingerprint density at radius 1 is 0.579 bits per heavy atom. The van der Waals surface area contributed by atoms with Gasteiger partial charge in [-0.25, -0.2) is 0 Å². The molecule has 4 aromatic carbocycles. The fourth-order valence-corrected chi connectivity index (χ4v) is 4.27. The van der Waals surface area contributed by atoms with Crippen LogP contribution in [0.1, 0.15) is 34.1 Å². The van der Waals surface area contributed by atoms with Crippen LogP contribution in [0.5, 0.6) is 0 Å². The second kappa shape index (κ2) is 16.2. The summed E-state index contributed by atoms with van der Waals surface area (Å²) in [6, 6.07) is 38.0. The summed E-state index contributed by atoms with van der Waals surface area (Å²) >= 11 is 3.38. The van der Waals surface area contributed by atoms with E-state index in [1.54, 1.807) is 0 Å². The molecule has 0 aromatic heterocycles. The van der Waals surface area contributed by atoms with Gasteiger partial charge in [0.2, 0.25) is 0 Å².